The molecular weight excluding hydrogens is 314 g/mol. The Morgan fingerprint density at radius 1 is 1.12 bits per heavy atom. The average Bonchev–Trinajstić information content (AvgIpc) is 2.62. The molecule has 0 aliphatic carbocycles. The fraction of sp³-hybridized carbons (Fsp3) is 0.100. The van der Waals surface area contributed by atoms with Crippen molar-refractivity contribution >= 4 is 23.0 Å². The van der Waals surface area contributed by atoms with Crippen molar-refractivity contribution in [2.24, 2.45) is 5.10 Å². The summed E-state index contributed by atoms with van der Waals surface area (Å²) in [5.41, 5.74) is 5.14. The van der Waals surface area contributed by atoms with Gasteiger partial charge in [-0.05, 0) is 29.3 Å². The van der Waals surface area contributed by atoms with Gasteiger partial charge in [0.2, 0.25) is 0 Å². The van der Waals surface area contributed by atoms with Gasteiger partial charge in [0, 0.05) is 12.1 Å². The highest BCUT2D eigenvalue weighted by molar-refractivity contribution is 6.02. The van der Waals surface area contributed by atoms with E-state index in [0.717, 1.165) is 21.9 Å². The Hall–Kier alpha value is -3.34. The molecule has 0 fully saturated rings. The summed E-state index contributed by atoms with van der Waals surface area (Å²) in [6.45, 7) is 2.42. The zero-order valence-electron chi connectivity index (χ0n) is 13.9. The van der Waals surface area contributed by atoms with E-state index in [2.05, 4.69) is 15.8 Å². The van der Waals surface area contributed by atoms with Crippen LogP contribution in [0.5, 0.6) is 5.75 Å². The number of fused-ring (bicyclic) bond motifs is 1. The molecule has 0 aliphatic heterocycles. The summed E-state index contributed by atoms with van der Waals surface area (Å²) in [5.74, 6) is 0.115. The van der Waals surface area contributed by atoms with Gasteiger partial charge in [-0.1, -0.05) is 60.2 Å². The second-order valence-electron chi connectivity index (χ2n) is 5.76. The van der Waals surface area contributed by atoms with Crippen LogP contribution in [-0.2, 0) is 6.54 Å². The first-order chi connectivity index (χ1) is 12.1. The number of aryl methyl sites for hydroxylation is 1. The van der Waals surface area contributed by atoms with E-state index in [1.54, 1.807) is 6.07 Å². The second kappa shape index (κ2) is 7.49. The number of rotatable bonds is 4. The van der Waals surface area contributed by atoms with Crippen LogP contribution >= 0.6 is 0 Å². The number of nitrogens with zero attached hydrogens (tertiary/aromatic N) is 1. The van der Waals surface area contributed by atoms with Gasteiger partial charge >= 0.3 is 6.03 Å². The largest absolute Gasteiger partial charge is 0.507 e. The quantitative estimate of drug-likeness (QED) is 0.503. The molecule has 5 heteroatoms. The number of benzene rings is 3. The first kappa shape index (κ1) is 16.5. The molecular formula is C20H19N3O2. The van der Waals surface area contributed by atoms with Crippen LogP contribution in [0.25, 0.3) is 10.8 Å². The molecule has 0 bridgehead atoms. The van der Waals surface area contributed by atoms with Crippen LogP contribution in [0.1, 0.15) is 16.7 Å². The predicted octanol–water partition coefficient (Wildman–Crippen LogP) is 3.69. The fourth-order valence-corrected chi connectivity index (χ4v) is 2.62. The number of amides is 2. The Morgan fingerprint density at radius 2 is 1.96 bits per heavy atom. The minimum Gasteiger partial charge on any atom is -0.507 e. The molecule has 126 valence electrons. The molecule has 5 nitrogen and oxygen atoms in total. The molecule has 3 N–H and O–H groups in total. The van der Waals surface area contributed by atoms with E-state index >= 15 is 0 Å². The van der Waals surface area contributed by atoms with E-state index in [9.17, 15) is 9.90 Å². The predicted molar refractivity (Wildman–Crippen MR) is 99.8 cm³/mol. The van der Waals surface area contributed by atoms with E-state index < -0.39 is 6.03 Å². The van der Waals surface area contributed by atoms with Crippen molar-refractivity contribution in [3.05, 3.63) is 77.4 Å². The van der Waals surface area contributed by atoms with Crippen molar-refractivity contribution < 1.29 is 9.90 Å². The summed E-state index contributed by atoms with van der Waals surface area (Å²) in [4.78, 5) is 11.8. The van der Waals surface area contributed by atoms with Gasteiger partial charge in [0.15, 0.2) is 0 Å². The summed E-state index contributed by atoms with van der Waals surface area (Å²) in [7, 11) is 0. The van der Waals surface area contributed by atoms with Crippen LogP contribution < -0.4 is 10.7 Å². The molecule has 0 aliphatic rings. The normalized spacial score (nSPS) is 10.9. The molecule has 0 atom stereocenters. The Bertz CT molecular complexity index is 935. The zero-order valence-corrected chi connectivity index (χ0v) is 13.9. The maximum absolute atomic E-state index is 11.8. The third-order valence-corrected chi connectivity index (χ3v) is 3.84. The lowest BCUT2D eigenvalue weighted by atomic mass is 10.0. The van der Waals surface area contributed by atoms with Crippen molar-refractivity contribution in [3.63, 3.8) is 0 Å². The Morgan fingerprint density at radius 3 is 2.80 bits per heavy atom. The van der Waals surface area contributed by atoms with Crippen LogP contribution in [0.2, 0.25) is 0 Å². The number of hydrogen-bond acceptors (Lipinski definition) is 3. The monoisotopic (exact) mass is 333 g/mol. The minimum atomic E-state index is -0.405. The number of phenolic OH excluding ortho intramolecular Hbond substituents is 1. The lowest BCUT2D eigenvalue weighted by Gasteiger charge is -2.06. The maximum Gasteiger partial charge on any atom is 0.335 e. The van der Waals surface area contributed by atoms with Gasteiger partial charge in [-0.2, -0.15) is 5.10 Å². The van der Waals surface area contributed by atoms with E-state index in [1.165, 1.54) is 6.21 Å². The van der Waals surface area contributed by atoms with Crippen LogP contribution in [0.4, 0.5) is 4.79 Å². The molecule has 3 aromatic rings. The molecule has 0 saturated carbocycles. The summed E-state index contributed by atoms with van der Waals surface area (Å²) in [5, 5.41) is 18.6. The highest BCUT2D eigenvalue weighted by Crippen LogP contribution is 2.25. The number of aromatic hydroxyl groups is 1. The molecule has 3 rings (SSSR count). The number of carbonyl (C=O) groups is 1. The van der Waals surface area contributed by atoms with Crippen molar-refractivity contribution in [1.82, 2.24) is 10.7 Å². The highest BCUT2D eigenvalue weighted by atomic mass is 16.3. The van der Waals surface area contributed by atoms with Gasteiger partial charge in [0.05, 0.1) is 6.21 Å². The zero-order chi connectivity index (χ0) is 17.6. The SMILES string of the molecule is Cc1cccc(CNC(=O)N/N=C/c2c(O)ccc3ccccc23)c1. The van der Waals surface area contributed by atoms with Crippen molar-refractivity contribution in [1.29, 1.82) is 0 Å². The molecule has 0 heterocycles. The average molecular weight is 333 g/mol. The minimum absolute atomic E-state index is 0.115. The Balaban J connectivity index is 1.63. The number of carbonyl (C=O) groups excluding carboxylic acids is 1. The fourth-order valence-electron chi connectivity index (χ4n) is 2.62. The van der Waals surface area contributed by atoms with E-state index in [-0.39, 0.29) is 5.75 Å². The highest BCUT2D eigenvalue weighted by Gasteiger charge is 2.04. The summed E-state index contributed by atoms with van der Waals surface area (Å²) < 4.78 is 0. The number of phenols is 1. The first-order valence-electron chi connectivity index (χ1n) is 7.96. The molecule has 25 heavy (non-hydrogen) atoms. The number of hydrazone groups is 1. The molecule has 0 radical (unpaired) electrons. The lowest BCUT2D eigenvalue weighted by Crippen LogP contribution is -2.31. The van der Waals surface area contributed by atoms with Crippen LogP contribution in [0.15, 0.2) is 65.8 Å². The number of urea groups is 1. The maximum atomic E-state index is 11.8. The summed E-state index contributed by atoms with van der Waals surface area (Å²) in [6, 6.07) is 18.6. The number of hydrogen-bond donors (Lipinski definition) is 3. The Labute approximate surface area is 146 Å². The van der Waals surface area contributed by atoms with Gasteiger partial charge in [-0.25, -0.2) is 10.2 Å². The molecule has 0 unspecified atom stereocenters. The first-order valence-corrected chi connectivity index (χ1v) is 7.96. The van der Waals surface area contributed by atoms with Crippen LogP contribution in [-0.4, -0.2) is 17.4 Å². The standard InChI is InChI=1S/C20H19N3O2/c1-14-5-4-6-15(11-14)12-21-20(25)23-22-13-18-17-8-3-2-7-16(17)9-10-19(18)24/h2-11,13,24H,12H2,1H3,(H2,21,23,25)/b22-13+. The van der Waals surface area contributed by atoms with Crippen LogP contribution in [0, 0.1) is 6.92 Å². The Kier molecular flexibility index (Phi) is 4.95. The summed E-state index contributed by atoms with van der Waals surface area (Å²) >= 11 is 0. The van der Waals surface area contributed by atoms with E-state index in [1.807, 2.05) is 61.5 Å². The van der Waals surface area contributed by atoms with E-state index in [4.69, 9.17) is 0 Å². The van der Waals surface area contributed by atoms with Gasteiger partial charge in [-0.3, -0.25) is 0 Å². The van der Waals surface area contributed by atoms with Crippen LogP contribution in [0.3, 0.4) is 0 Å². The van der Waals surface area contributed by atoms with Gasteiger partial charge in [0.1, 0.15) is 5.75 Å². The van der Waals surface area contributed by atoms with Gasteiger partial charge in [-0.15, -0.1) is 0 Å². The molecule has 2 amide bonds. The molecule has 3 aromatic carbocycles. The smallest absolute Gasteiger partial charge is 0.335 e. The van der Waals surface area contributed by atoms with Crippen molar-refractivity contribution in [2.75, 3.05) is 0 Å². The third-order valence-electron chi connectivity index (χ3n) is 3.84. The second-order valence-corrected chi connectivity index (χ2v) is 5.76. The molecule has 0 aromatic heterocycles. The van der Waals surface area contributed by atoms with Crippen molar-refractivity contribution in [3.8, 4) is 5.75 Å². The topological polar surface area (TPSA) is 73.7 Å². The summed E-state index contributed by atoms with van der Waals surface area (Å²) in [6.07, 6.45) is 1.45. The lowest BCUT2D eigenvalue weighted by molar-refractivity contribution is 0.241. The molecule has 0 saturated heterocycles. The van der Waals surface area contributed by atoms with E-state index in [0.29, 0.717) is 12.1 Å². The number of nitrogens with one attached hydrogen (secondary N) is 2. The van der Waals surface area contributed by atoms with Gasteiger partial charge in [0.25, 0.3) is 0 Å². The van der Waals surface area contributed by atoms with Crippen molar-refractivity contribution in [2.45, 2.75) is 13.5 Å². The molecule has 0 spiro atoms. The third kappa shape index (κ3) is 4.14. The van der Waals surface area contributed by atoms with Gasteiger partial charge < -0.3 is 10.4 Å².